The summed E-state index contributed by atoms with van der Waals surface area (Å²) in [6.07, 6.45) is 0.624. The Balaban J connectivity index is 1.94. The van der Waals surface area contributed by atoms with Crippen molar-refractivity contribution >= 4 is 16.1 Å². The first-order valence-electron chi connectivity index (χ1n) is 7.31. The van der Waals surface area contributed by atoms with Crippen molar-refractivity contribution in [2.75, 3.05) is 0 Å². The third kappa shape index (κ3) is 5.10. The predicted octanol–water partition coefficient (Wildman–Crippen LogP) is 2.61. The molecule has 23 heavy (non-hydrogen) atoms. The molecule has 0 spiro atoms. The van der Waals surface area contributed by atoms with Gasteiger partial charge in [-0.25, -0.2) is 17.9 Å². The van der Waals surface area contributed by atoms with Crippen molar-refractivity contribution in [3.05, 3.63) is 65.7 Å². The third-order valence-electron chi connectivity index (χ3n) is 3.32. The smallest absolute Gasteiger partial charge is 0.328 e. The van der Waals surface area contributed by atoms with Gasteiger partial charge >= 0.3 is 6.03 Å². The van der Waals surface area contributed by atoms with Crippen LogP contribution in [-0.2, 0) is 16.4 Å². The maximum Gasteiger partial charge on any atom is 0.328 e. The maximum absolute atomic E-state index is 12.1. The molecule has 6 heteroatoms. The molecule has 2 amide bonds. The Labute approximate surface area is 136 Å². The van der Waals surface area contributed by atoms with Crippen LogP contribution in [0.3, 0.4) is 0 Å². The van der Waals surface area contributed by atoms with E-state index in [4.69, 9.17) is 0 Å². The van der Waals surface area contributed by atoms with Gasteiger partial charge in [0.25, 0.3) is 10.0 Å². The molecule has 0 saturated heterocycles. The number of urea groups is 1. The molecule has 0 fully saturated rings. The van der Waals surface area contributed by atoms with Crippen LogP contribution >= 0.6 is 0 Å². The van der Waals surface area contributed by atoms with Gasteiger partial charge in [0.05, 0.1) is 4.90 Å². The van der Waals surface area contributed by atoms with E-state index in [1.807, 2.05) is 48.9 Å². The van der Waals surface area contributed by atoms with Crippen LogP contribution in [0.15, 0.2) is 59.5 Å². The molecule has 2 aromatic rings. The lowest BCUT2D eigenvalue weighted by molar-refractivity contribution is 0.243. The van der Waals surface area contributed by atoms with E-state index in [2.05, 4.69) is 5.32 Å². The van der Waals surface area contributed by atoms with Crippen molar-refractivity contribution in [2.45, 2.75) is 31.2 Å². The van der Waals surface area contributed by atoms with Crippen LogP contribution < -0.4 is 10.0 Å². The number of carbonyl (C=O) groups excluding carboxylic acids is 1. The number of amides is 2. The molecule has 0 bridgehead atoms. The lowest BCUT2D eigenvalue weighted by atomic mass is 10.1. The molecule has 5 nitrogen and oxygen atoms in total. The SMILES string of the molecule is Cc1ccc(S(=O)(=O)NC(=O)N[C@H](C)Cc2ccccc2)cc1. The summed E-state index contributed by atoms with van der Waals surface area (Å²) in [5.41, 5.74) is 2.02. The molecular weight excluding hydrogens is 312 g/mol. The molecule has 2 N–H and O–H groups in total. The molecule has 0 unspecified atom stereocenters. The van der Waals surface area contributed by atoms with Crippen molar-refractivity contribution in [2.24, 2.45) is 0 Å². The van der Waals surface area contributed by atoms with Gasteiger partial charge in [-0.05, 0) is 38.0 Å². The predicted molar refractivity (Wildman–Crippen MR) is 89.6 cm³/mol. The molecule has 0 aliphatic carbocycles. The average Bonchev–Trinajstić information content (AvgIpc) is 2.47. The Morgan fingerprint density at radius 1 is 1.04 bits per heavy atom. The Hall–Kier alpha value is -2.34. The second kappa shape index (κ2) is 7.28. The fourth-order valence-electron chi connectivity index (χ4n) is 2.17. The van der Waals surface area contributed by atoms with Crippen molar-refractivity contribution in [1.29, 1.82) is 0 Å². The van der Waals surface area contributed by atoms with E-state index in [9.17, 15) is 13.2 Å². The highest BCUT2D eigenvalue weighted by molar-refractivity contribution is 7.90. The van der Waals surface area contributed by atoms with Gasteiger partial charge in [0.2, 0.25) is 0 Å². The monoisotopic (exact) mass is 332 g/mol. The lowest BCUT2D eigenvalue weighted by Gasteiger charge is -2.15. The van der Waals surface area contributed by atoms with Crippen molar-refractivity contribution in [3.63, 3.8) is 0 Å². The Bertz CT molecular complexity index is 756. The van der Waals surface area contributed by atoms with Gasteiger partial charge in [-0.15, -0.1) is 0 Å². The minimum Gasteiger partial charge on any atom is -0.335 e. The zero-order valence-corrected chi connectivity index (χ0v) is 13.9. The highest BCUT2D eigenvalue weighted by atomic mass is 32.2. The summed E-state index contributed by atoms with van der Waals surface area (Å²) in [4.78, 5) is 12.0. The van der Waals surface area contributed by atoms with Crippen LogP contribution in [0, 0.1) is 6.92 Å². The van der Waals surface area contributed by atoms with Gasteiger partial charge in [-0.1, -0.05) is 48.0 Å². The van der Waals surface area contributed by atoms with Gasteiger partial charge in [0.1, 0.15) is 0 Å². The molecule has 0 radical (unpaired) electrons. The van der Waals surface area contributed by atoms with Crippen molar-refractivity contribution in [1.82, 2.24) is 10.0 Å². The molecule has 2 aromatic carbocycles. The van der Waals surface area contributed by atoms with Gasteiger partial charge < -0.3 is 5.32 Å². The first-order chi connectivity index (χ1) is 10.9. The van der Waals surface area contributed by atoms with E-state index in [1.54, 1.807) is 12.1 Å². The quantitative estimate of drug-likeness (QED) is 0.884. The van der Waals surface area contributed by atoms with E-state index in [1.165, 1.54) is 12.1 Å². The number of sulfonamides is 1. The van der Waals surface area contributed by atoms with E-state index in [0.717, 1.165) is 11.1 Å². The molecule has 0 aliphatic rings. The molecule has 0 aliphatic heterocycles. The number of nitrogens with one attached hydrogen (secondary N) is 2. The largest absolute Gasteiger partial charge is 0.335 e. The summed E-state index contributed by atoms with van der Waals surface area (Å²) in [6.45, 7) is 3.69. The number of aryl methyl sites for hydroxylation is 1. The minimum atomic E-state index is -3.86. The summed E-state index contributed by atoms with van der Waals surface area (Å²) in [5.74, 6) is 0. The van der Waals surface area contributed by atoms with E-state index in [-0.39, 0.29) is 10.9 Å². The standard InChI is InChI=1S/C17H20N2O3S/c1-13-8-10-16(11-9-13)23(21,22)19-17(20)18-14(2)12-15-6-4-3-5-7-15/h3-11,14H,12H2,1-2H3,(H2,18,19,20)/t14-/m1/s1. The fraction of sp³-hybridized carbons (Fsp3) is 0.235. The van der Waals surface area contributed by atoms with E-state index >= 15 is 0 Å². The molecule has 122 valence electrons. The molecule has 1 atom stereocenters. The fourth-order valence-corrected chi connectivity index (χ4v) is 3.09. The highest BCUT2D eigenvalue weighted by Gasteiger charge is 2.18. The Kier molecular flexibility index (Phi) is 5.39. The van der Waals surface area contributed by atoms with Gasteiger partial charge in [-0.3, -0.25) is 0 Å². The molecule has 2 rings (SSSR count). The zero-order valence-electron chi connectivity index (χ0n) is 13.1. The summed E-state index contributed by atoms with van der Waals surface area (Å²) in [6, 6.07) is 15.1. The van der Waals surface area contributed by atoms with Gasteiger partial charge in [0.15, 0.2) is 0 Å². The summed E-state index contributed by atoms with van der Waals surface area (Å²) >= 11 is 0. The Morgan fingerprint density at radius 3 is 2.26 bits per heavy atom. The van der Waals surface area contributed by atoms with Crippen LogP contribution in [0.5, 0.6) is 0 Å². The second-order valence-electron chi connectivity index (χ2n) is 5.48. The number of hydrogen-bond acceptors (Lipinski definition) is 3. The molecule has 0 heterocycles. The summed E-state index contributed by atoms with van der Waals surface area (Å²) in [5, 5.41) is 2.64. The third-order valence-corrected chi connectivity index (χ3v) is 4.67. The lowest BCUT2D eigenvalue weighted by Crippen LogP contribution is -2.44. The number of hydrogen-bond donors (Lipinski definition) is 2. The molecule has 0 aromatic heterocycles. The Morgan fingerprint density at radius 2 is 1.65 bits per heavy atom. The molecular formula is C17H20N2O3S. The van der Waals surface area contributed by atoms with E-state index in [0.29, 0.717) is 6.42 Å². The van der Waals surface area contributed by atoms with Crippen LogP contribution in [0.25, 0.3) is 0 Å². The summed E-state index contributed by atoms with van der Waals surface area (Å²) < 4.78 is 26.3. The number of rotatable bonds is 5. The van der Waals surface area contributed by atoms with Gasteiger partial charge in [0, 0.05) is 6.04 Å². The minimum absolute atomic E-state index is 0.0639. The first kappa shape index (κ1) is 17.0. The van der Waals surface area contributed by atoms with Crippen LogP contribution in [0.1, 0.15) is 18.1 Å². The highest BCUT2D eigenvalue weighted by Crippen LogP contribution is 2.09. The number of benzene rings is 2. The summed E-state index contributed by atoms with van der Waals surface area (Å²) in [7, 11) is -3.86. The first-order valence-corrected chi connectivity index (χ1v) is 8.79. The normalized spacial score (nSPS) is 12.4. The average molecular weight is 332 g/mol. The zero-order chi connectivity index (χ0) is 16.9. The molecule has 0 saturated carbocycles. The topological polar surface area (TPSA) is 75.3 Å². The van der Waals surface area contributed by atoms with Crippen molar-refractivity contribution in [3.8, 4) is 0 Å². The maximum atomic E-state index is 12.1. The van der Waals surface area contributed by atoms with Crippen LogP contribution in [-0.4, -0.2) is 20.5 Å². The van der Waals surface area contributed by atoms with E-state index < -0.39 is 16.1 Å². The second-order valence-corrected chi connectivity index (χ2v) is 7.17. The van der Waals surface area contributed by atoms with Crippen molar-refractivity contribution < 1.29 is 13.2 Å². The number of carbonyl (C=O) groups is 1. The van der Waals surface area contributed by atoms with Crippen LogP contribution in [0.2, 0.25) is 0 Å². The van der Waals surface area contributed by atoms with Crippen LogP contribution in [0.4, 0.5) is 4.79 Å². The van der Waals surface area contributed by atoms with Gasteiger partial charge in [-0.2, -0.15) is 0 Å².